The summed E-state index contributed by atoms with van der Waals surface area (Å²) in [5, 5.41) is 3.11. The van der Waals surface area contributed by atoms with E-state index in [0.29, 0.717) is 26.2 Å². The van der Waals surface area contributed by atoms with Crippen molar-refractivity contribution in [3.8, 4) is 0 Å². The number of piperazine rings is 1. The summed E-state index contributed by atoms with van der Waals surface area (Å²) in [5.41, 5.74) is 1.03. The van der Waals surface area contributed by atoms with Crippen LogP contribution < -0.4 is 15.1 Å². The number of likely N-dealkylation sites (tertiary alicyclic amines) is 1. The molecule has 1 aromatic rings. The smallest absolute Gasteiger partial charge is 0.409 e. The zero-order valence-corrected chi connectivity index (χ0v) is 16.5. The van der Waals surface area contributed by atoms with Gasteiger partial charge in [0.1, 0.15) is 5.82 Å². The van der Waals surface area contributed by atoms with E-state index in [1.807, 2.05) is 0 Å². The monoisotopic (exact) mass is 393 g/mol. The lowest BCUT2D eigenvalue weighted by Gasteiger charge is -2.34. The van der Waals surface area contributed by atoms with Crippen molar-refractivity contribution in [2.45, 2.75) is 25.8 Å². The number of piperidine rings is 1. The van der Waals surface area contributed by atoms with Crippen molar-refractivity contribution in [1.29, 1.82) is 0 Å². The molecule has 2 saturated heterocycles. The molecule has 28 heavy (non-hydrogen) atoms. The Balaban J connectivity index is 1.36. The van der Waals surface area contributed by atoms with E-state index in [1.165, 1.54) is 17.0 Å². The number of quaternary nitrogens is 1. The van der Waals surface area contributed by atoms with Crippen LogP contribution in [0.25, 0.3) is 0 Å². The van der Waals surface area contributed by atoms with E-state index >= 15 is 0 Å². The molecular weight excluding hydrogens is 363 g/mol. The van der Waals surface area contributed by atoms with Crippen LogP contribution in [0.5, 0.6) is 0 Å². The topological polar surface area (TPSA) is 66.3 Å². The van der Waals surface area contributed by atoms with Crippen molar-refractivity contribution in [1.82, 2.24) is 10.2 Å². The molecule has 0 unspecified atom stereocenters. The molecule has 154 valence electrons. The summed E-state index contributed by atoms with van der Waals surface area (Å²) in [7, 11) is 0. The van der Waals surface area contributed by atoms with Gasteiger partial charge >= 0.3 is 6.09 Å². The molecule has 0 atom stereocenters. The molecule has 2 aliphatic heterocycles. The van der Waals surface area contributed by atoms with Crippen LogP contribution in [0.3, 0.4) is 0 Å². The van der Waals surface area contributed by atoms with Crippen molar-refractivity contribution >= 4 is 17.7 Å². The van der Waals surface area contributed by atoms with Gasteiger partial charge in [0, 0.05) is 24.8 Å². The van der Waals surface area contributed by atoms with E-state index in [9.17, 15) is 14.0 Å². The van der Waals surface area contributed by atoms with E-state index in [0.717, 1.165) is 44.7 Å². The van der Waals surface area contributed by atoms with Gasteiger partial charge in [-0.3, -0.25) is 4.79 Å². The Hall–Kier alpha value is -2.35. The van der Waals surface area contributed by atoms with Crippen molar-refractivity contribution in [2.24, 2.45) is 0 Å². The summed E-state index contributed by atoms with van der Waals surface area (Å²) in [6.07, 6.45) is 1.26. The van der Waals surface area contributed by atoms with Gasteiger partial charge in [0.25, 0.3) is 5.91 Å². The van der Waals surface area contributed by atoms with Crippen molar-refractivity contribution in [3.63, 3.8) is 0 Å². The van der Waals surface area contributed by atoms with Crippen molar-refractivity contribution in [3.05, 3.63) is 30.1 Å². The Morgan fingerprint density at radius 2 is 1.79 bits per heavy atom. The lowest BCUT2D eigenvalue weighted by atomic mass is 10.1. The van der Waals surface area contributed by atoms with Gasteiger partial charge in [-0.05, 0) is 44.0 Å². The van der Waals surface area contributed by atoms with Crippen LogP contribution in [-0.4, -0.2) is 75.4 Å². The average Bonchev–Trinajstić information content (AvgIpc) is 2.70. The number of hydrogen-bond donors (Lipinski definition) is 2. The number of halogens is 1. The maximum absolute atomic E-state index is 13.1. The highest BCUT2D eigenvalue weighted by atomic mass is 19.1. The van der Waals surface area contributed by atoms with Gasteiger partial charge in [0.15, 0.2) is 6.54 Å². The highest BCUT2D eigenvalue weighted by molar-refractivity contribution is 5.77. The first-order chi connectivity index (χ1) is 13.5. The molecule has 2 heterocycles. The van der Waals surface area contributed by atoms with Crippen LogP contribution >= 0.6 is 0 Å². The fraction of sp³-hybridized carbons (Fsp3) is 0.600. The Labute approximate surface area is 165 Å². The number of nitrogens with one attached hydrogen (secondary N) is 2. The van der Waals surface area contributed by atoms with Gasteiger partial charge < -0.3 is 24.8 Å². The highest BCUT2D eigenvalue weighted by Crippen LogP contribution is 2.14. The second kappa shape index (κ2) is 9.73. The molecule has 7 nitrogen and oxygen atoms in total. The number of carbonyl (C=O) groups is 2. The van der Waals surface area contributed by atoms with Crippen LogP contribution in [0, 0.1) is 5.82 Å². The Morgan fingerprint density at radius 1 is 1.14 bits per heavy atom. The standard InChI is InChI=1S/C20H29FN4O3/c1-2-28-20(27)25-9-7-17(8-10-25)22-19(26)15-23-11-13-24(14-12-23)18-5-3-16(21)4-6-18/h3-6,17H,2,7-15H2,1H3,(H,22,26)/p+1. The Bertz CT molecular complexity index is 654. The van der Waals surface area contributed by atoms with Gasteiger partial charge in [-0.1, -0.05) is 0 Å². The number of nitrogens with zero attached hydrogens (tertiary/aromatic N) is 2. The normalized spacial score (nSPS) is 18.8. The third-order valence-electron chi connectivity index (χ3n) is 5.46. The first-order valence-corrected chi connectivity index (χ1v) is 10.1. The molecule has 0 aliphatic carbocycles. The number of anilines is 1. The molecule has 0 spiro atoms. The van der Waals surface area contributed by atoms with Crippen molar-refractivity contribution in [2.75, 3.05) is 57.3 Å². The minimum atomic E-state index is -0.268. The van der Waals surface area contributed by atoms with Crippen LogP contribution in [0.4, 0.5) is 14.9 Å². The number of hydrogen-bond acceptors (Lipinski definition) is 4. The largest absolute Gasteiger partial charge is 0.450 e. The molecule has 0 saturated carbocycles. The fourth-order valence-corrected chi connectivity index (χ4v) is 3.84. The average molecular weight is 393 g/mol. The second-order valence-corrected chi connectivity index (χ2v) is 7.42. The van der Waals surface area contributed by atoms with Gasteiger partial charge in [0.2, 0.25) is 0 Å². The molecule has 2 fully saturated rings. The SMILES string of the molecule is CCOC(=O)N1CCC(NC(=O)C[NH+]2CCN(c3ccc(F)cc3)CC2)CC1. The lowest BCUT2D eigenvalue weighted by Crippen LogP contribution is -3.16. The van der Waals surface area contributed by atoms with Gasteiger partial charge in [-0.2, -0.15) is 0 Å². The van der Waals surface area contributed by atoms with E-state index < -0.39 is 0 Å². The van der Waals surface area contributed by atoms with Gasteiger partial charge in [-0.15, -0.1) is 0 Å². The second-order valence-electron chi connectivity index (χ2n) is 7.42. The highest BCUT2D eigenvalue weighted by Gasteiger charge is 2.27. The van der Waals surface area contributed by atoms with E-state index in [1.54, 1.807) is 24.0 Å². The minimum Gasteiger partial charge on any atom is -0.450 e. The number of rotatable bonds is 5. The number of ether oxygens (including phenoxy) is 1. The van der Waals surface area contributed by atoms with Gasteiger partial charge in [-0.25, -0.2) is 9.18 Å². The molecule has 2 N–H and O–H groups in total. The van der Waals surface area contributed by atoms with Crippen LogP contribution in [0.1, 0.15) is 19.8 Å². The van der Waals surface area contributed by atoms with E-state index in [-0.39, 0.29) is 23.9 Å². The zero-order valence-electron chi connectivity index (χ0n) is 16.5. The first-order valence-electron chi connectivity index (χ1n) is 10.1. The van der Waals surface area contributed by atoms with Crippen LogP contribution in [-0.2, 0) is 9.53 Å². The molecule has 3 rings (SSSR count). The summed E-state index contributed by atoms with van der Waals surface area (Å²) in [6, 6.07) is 6.69. The summed E-state index contributed by atoms with van der Waals surface area (Å²) < 4.78 is 18.1. The quantitative estimate of drug-likeness (QED) is 0.754. The summed E-state index contributed by atoms with van der Waals surface area (Å²) in [6.45, 7) is 7.35. The first kappa shape index (κ1) is 20.4. The van der Waals surface area contributed by atoms with E-state index in [2.05, 4.69) is 10.2 Å². The number of carbonyl (C=O) groups excluding carboxylic acids is 2. The molecule has 0 bridgehead atoms. The minimum absolute atomic E-state index is 0.0693. The number of amides is 2. The molecule has 2 aliphatic rings. The Kier molecular flexibility index (Phi) is 7.08. The number of benzene rings is 1. The van der Waals surface area contributed by atoms with Crippen molar-refractivity contribution < 1.29 is 23.6 Å². The zero-order chi connectivity index (χ0) is 19.9. The molecule has 0 radical (unpaired) electrons. The van der Waals surface area contributed by atoms with Crippen LogP contribution in [0.2, 0.25) is 0 Å². The fourth-order valence-electron chi connectivity index (χ4n) is 3.84. The summed E-state index contributed by atoms with van der Waals surface area (Å²) in [4.78, 5) is 29.3. The molecule has 2 amide bonds. The predicted octanol–water partition coefficient (Wildman–Crippen LogP) is 0.268. The summed E-state index contributed by atoms with van der Waals surface area (Å²) >= 11 is 0. The summed E-state index contributed by atoms with van der Waals surface area (Å²) in [5.74, 6) is -0.155. The third-order valence-corrected chi connectivity index (χ3v) is 5.46. The molecular formula is C20H30FN4O3+. The third kappa shape index (κ3) is 5.58. The lowest BCUT2D eigenvalue weighted by molar-refractivity contribution is -0.892. The van der Waals surface area contributed by atoms with Crippen LogP contribution in [0.15, 0.2) is 24.3 Å². The van der Waals surface area contributed by atoms with E-state index in [4.69, 9.17) is 4.74 Å². The maximum Gasteiger partial charge on any atom is 0.409 e. The predicted molar refractivity (Wildman–Crippen MR) is 104 cm³/mol. The van der Waals surface area contributed by atoms with Gasteiger partial charge in [0.05, 0.1) is 32.8 Å². The molecule has 1 aromatic carbocycles. The Morgan fingerprint density at radius 3 is 2.39 bits per heavy atom. The molecule has 0 aromatic heterocycles. The molecule has 8 heteroatoms. The maximum atomic E-state index is 13.1.